The van der Waals surface area contributed by atoms with Gasteiger partial charge >= 0.3 is 5.97 Å². The van der Waals surface area contributed by atoms with Crippen LogP contribution in [-0.4, -0.2) is 73.2 Å². The number of aliphatic hydroxyl groups excluding tert-OH is 1. The standard InChI is InChI=1S/C39H37ClN6O4/c1-22-29(5-3-7-31(22)38-44-34-15-24(14-32(40)36(34)50-38)17-46-19-27(20-46)39(48)49)30-6-4-8-33(23(30)2)43-37-35-26(9-11-41-37)13-25(16-42-35)18-45-12-10-28(47)21-45/h3-9,11,13-16,27-28,47H,10,12,17-21H2,1-2H3,(H,41,43)(H,48,49)/t28-/m1/s1. The number of hydrogen-bond acceptors (Lipinski definition) is 9. The molecule has 3 aromatic carbocycles. The van der Waals surface area contributed by atoms with E-state index in [4.69, 9.17) is 26.0 Å². The normalized spacial score (nSPS) is 17.1. The van der Waals surface area contributed by atoms with Crippen LogP contribution in [0.15, 0.2) is 77.5 Å². The number of hydrogen-bond donors (Lipinski definition) is 3. The van der Waals surface area contributed by atoms with E-state index in [1.54, 1.807) is 6.20 Å². The lowest BCUT2D eigenvalue weighted by Gasteiger charge is -2.36. The molecule has 0 aliphatic carbocycles. The van der Waals surface area contributed by atoms with Gasteiger partial charge in [0.1, 0.15) is 11.0 Å². The second-order valence-electron chi connectivity index (χ2n) is 13.5. The molecule has 3 aromatic heterocycles. The Labute approximate surface area is 294 Å². The summed E-state index contributed by atoms with van der Waals surface area (Å²) in [5.74, 6) is 0.114. The number of benzene rings is 3. The number of aromatic nitrogens is 3. The molecule has 2 aliphatic heterocycles. The van der Waals surface area contributed by atoms with Crippen LogP contribution in [0.1, 0.15) is 28.7 Å². The zero-order valence-electron chi connectivity index (χ0n) is 27.9. The average molecular weight is 689 g/mol. The molecule has 0 saturated carbocycles. The number of fused-ring (bicyclic) bond motifs is 2. The molecule has 6 aromatic rings. The Balaban J connectivity index is 1.05. The van der Waals surface area contributed by atoms with Crippen molar-refractivity contribution in [1.82, 2.24) is 24.8 Å². The van der Waals surface area contributed by atoms with E-state index in [1.807, 2.05) is 48.7 Å². The Morgan fingerprint density at radius 2 is 1.70 bits per heavy atom. The third-order valence-electron chi connectivity index (χ3n) is 9.97. The van der Waals surface area contributed by atoms with E-state index in [9.17, 15) is 15.0 Å². The summed E-state index contributed by atoms with van der Waals surface area (Å²) in [4.78, 5) is 29.9. The highest BCUT2D eigenvalue weighted by atomic mass is 35.5. The van der Waals surface area contributed by atoms with Gasteiger partial charge in [0.05, 0.1) is 17.0 Å². The number of anilines is 2. The van der Waals surface area contributed by atoms with Crippen LogP contribution in [0.25, 0.3) is 44.6 Å². The molecule has 2 saturated heterocycles. The molecule has 8 rings (SSSR count). The summed E-state index contributed by atoms with van der Waals surface area (Å²) in [6.07, 6.45) is 4.27. The average Bonchev–Trinajstić information content (AvgIpc) is 3.69. The van der Waals surface area contributed by atoms with Crippen LogP contribution in [0.2, 0.25) is 5.02 Å². The largest absolute Gasteiger partial charge is 0.481 e. The van der Waals surface area contributed by atoms with Gasteiger partial charge in [0.15, 0.2) is 11.4 Å². The number of rotatable bonds is 9. The van der Waals surface area contributed by atoms with Crippen molar-refractivity contribution in [2.75, 3.05) is 31.5 Å². The lowest BCUT2D eigenvalue weighted by Crippen LogP contribution is -2.49. The lowest BCUT2D eigenvalue weighted by molar-refractivity contribution is -0.147. The summed E-state index contributed by atoms with van der Waals surface area (Å²) >= 11 is 6.67. The first kappa shape index (κ1) is 32.3. The maximum Gasteiger partial charge on any atom is 0.309 e. The Kier molecular flexibility index (Phi) is 8.48. The highest BCUT2D eigenvalue weighted by Crippen LogP contribution is 2.38. The number of carbonyl (C=O) groups is 1. The minimum absolute atomic E-state index is 0.248. The number of nitrogens with zero attached hydrogens (tertiary/aromatic N) is 5. The summed E-state index contributed by atoms with van der Waals surface area (Å²) in [6, 6.07) is 20.3. The summed E-state index contributed by atoms with van der Waals surface area (Å²) in [5, 5.41) is 24.2. The zero-order valence-corrected chi connectivity index (χ0v) is 28.6. The van der Waals surface area contributed by atoms with Gasteiger partial charge in [-0.1, -0.05) is 35.9 Å². The van der Waals surface area contributed by atoms with Crippen molar-refractivity contribution in [3.63, 3.8) is 0 Å². The van der Waals surface area contributed by atoms with Gasteiger partial charge in [-0.05, 0) is 90.0 Å². The second kappa shape index (κ2) is 13.1. The summed E-state index contributed by atoms with van der Waals surface area (Å²) in [5.41, 5.74) is 10.1. The van der Waals surface area contributed by atoms with Crippen molar-refractivity contribution in [3.8, 4) is 22.6 Å². The quantitative estimate of drug-likeness (QED) is 0.143. The van der Waals surface area contributed by atoms with Crippen LogP contribution in [0.4, 0.5) is 11.5 Å². The number of halogens is 1. The van der Waals surface area contributed by atoms with Gasteiger partial charge in [0, 0.05) is 68.3 Å². The highest BCUT2D eigenvalue weighted by molar-refractivity contribution is 6.34. The van der Waals surface area contributed by atoms with Crippen molar-refractivity contribution in [1.29, 1.82) is 0 Å². The maximum absolute atomic E-state index is 11.2. The Morgan fingerprint density at radius 3 is 2.48 bits per heavy atom. The molecule has 11 heteroatoms. The third-order valence-corrected chi connectivity index (χ3v) is 10.2. The van der Waals surface area contributed by atoms with Gasteiger partial charge in [0.2, 0.25) is 5.89 Å². The van der Waals surface area contributed by atoms with E-state index < -0.39 is 5.97 Å². The van der Waals surface area contributed by atoms with Gasteiger partial charge in [-0.2, -0.15) is 0 Å². The predicted octanol–water partition coefficient (Wildman–Crippen LogP) is 7.20. The van der Waals surface area contributed by atoms with Crippen molar-refractivity contribution >= 4 is 51.1 Å². The van der Waals surface area contributed by atoms with Crippen molar-refractivity contribution in [2.24, 2.45) is 5.92 Å². The molecule has 0 unspecified atom stereocenters. The molecule has 5 heterocycles. The van der Waals surface area contributed by atoms with Crippen LogP contribution < -0.4 is 5.32 Å². The molecule has 1 atom stereocenters. The van der Waals surface area contributed by atoms with E-state index in [-0.39, 0.29) is 12.0 Å². The minimum Gasteiger partial charge on any atom is -0.481 e. The molecule has 0 radical (unpaired) electrons. The molecule has 0 spiro atoms. The van der Waals surface area contributed by atoms with E-state index in [2.05, 4.69) is 52.1 Å². The topological polar surface area (TPSA) is 128 Å². The third kappa shape index (κ3) is 6.20. The molecule has 0 bridgehead atoms. The first-order chi connectivity index (χ1) is 24.2. The fourth-order valence-electron chi connectivity index (χ4n) is 7.21. The van der Waals surface area contributed by atoms with E-state index in [0.29, 0.717) is 54.0 Å². The van der Waals surface area contributed by atoms with E-state index >= 15 is 0 Å². The molecule has 254 valence electrons. The van der Waals surface area contributed by atoms with Crippen LogP contribution in [-0.2, 0) is 17.9 Å². The highest BCUT2D eigenvalue weighted by Gasteiger charge is 2.32. The smallest absolute Gasteiger partial charge is 0.309 e. The molecular formula is C39H37ClN6O4. The Morgan fingerprint density at radius 1 is 0.940 bits per heavy atom. The van der Waals surface area contributed by atoms with E-state index in [1.165, 1.54) is 0 Å². The molecule has 10 nitrogen and oxygen atoms in total. The summed E-state index contributed by atoms with van der Waals surface area (Å²) in [7, 11) is 0. The van der Waals surface area contributed by atoms with Gasteiger partial charge in [-0.15, -0.1) is 0 Å². The summed E-state index contributed by atoms with van der Waals surface area (Å²) in [6.45, 7) is 8.18. The second-order valence-corrected chi connectivity index (χ2v) is 13.9. The molecule has 50 heavy (non-hydrogen) atoms. The molecule has 2 fully saturated rings. The Hall–Kier alpha value is -4.87. The number of oxazole rings is 1. The number of pyridine rings is 2. The fourth-order valence-corrected chi connectivity index (χ4v) is 7.49. The monoisotopic (exact) mass is 688 g/mol. The van der Waals surface area contributed by atoms with Gasteiger partial charge in [0.25, 0.3) is 0 Å². The zero-order chi connectivity index (χ0) is 34.5. The van der Waals surface area contributed by atoms with Crippen molar-refractivity contribution < 1.29 is 19.4 Å². The number of β-amino-alcohol motifs (C(OH)–C–C–N with tert-alkyl or cyclic N) is 1. The minimum atomic E-state index is -0.754. The number of carboxylic acids is 1. The first-order valence-electron chi connectivity index (χ1n) is 16.9. The van der Waals surface area contributed by atoms with Gasteiger partial charge in [-0.25, -0.2) is 9.97 Å². The van der Waals surface area contributed by atoms with Crippen LogP contribution in [0.3, 0.4) is 0 Å². The number of likely N-dealkylation sites (tertiary alicyclic amines) is 2. The van der Waals surface area contributed by atoms with E-state index in [0.717, 1.165) is 75.0 Å². The molecule has 0 amide bonds. The molecule has 3 N–H and O–H groups in total. The van der Waals surface area contributed by atoms with Crippen molar-refractivity contribution in [2.45, 2.75) is 39.5 Å². The van der Waals surface area contributed by atoms with Crippen LogP contribution in [0, 0.1) is 19.8 Å². The van der Waals surface area contributed by atoms with Gasteiger partial charge in [-0.3, -0.25) is 19.6 Å². The fraction of sp³-hybridized carbons (Fsp3) is 0.282. The van der Waals surface area contributed by atoms with Crippen molar-refractivity contribution in [3.05, 3.63) is 100 Å². The molecule has 2 aliphatic rings. The number of aliphatic carboxylic acids is 1. The molecular weight excluding hydrogens is 652 g/mol. The van der Waals surface area contributed by atoms with Gasteiger partial charge < -0.3 is 19.9 Å². The first-order valence-corrected chi connectivity index (χ1v) is 17.2. The lowest BCUT2D eigenvalue weighted by atomic mass is 9.93. The van der Waals surface area contributed by atoms with Crippen LogP contribution >= 0.6 is 11.6 Å². The maximum atomic E-state index is 11.2. The number of aliphatic hydroxyl groups is 1. The SMILES string of the molecule is Cc1c(Nc2nccc3cc(CN4CC[C@@H](O)C4)cnc23)cccc1-c1cccc(-c2nc3cc(CN4CC(C(=O)O)C4)cc(Cl)c3o2)c1C. The Bertz CT molecular complexity index is 2270. The number of carboxylic acid groups (broad SMARTS) is 1. The number of nitrogens with one attached hydrogen (secondary N) is 1. The van der Waals surface area contributed by atoms with Crippen LogP contribution in [0.5, 0.6) is 0 Å². The summed E-state index contributed by atoms with van der Waals surface area (Å²) < 4.78 is 6.25. The predicted molar refractivity (Wildman–Crippen MR) is 194 cm³/mol.